The average Bonchev–Trinajstić information content (AvgIpc) is 2.39. The third kappa shape index (κ3) is 4.92. The van der Waals surface area contributed by atoms with Crippen LogP contribution in [-0.2, 0) is 0 Å². The summed E-state index contributed by atoms with van der Waals surface area (Å²) in [7, 11) is 0. The maximum absolute atomic E-state index is 3.52. The van der Waals surface area contributed by atoms with Crippen LogP contribution in [0.2, 0.25) is 0 Å². The SMILES string of the molecule is CC(C)(C)C1=CCN(CCCC2CCCNC2)CC1. The van der Waals surface area contributed by atoms with Crippen LogP contribution in [0.5, 0.6) is 0 Å². The molecule has 0 spiro atoms. The summed E-state index contributed by atoms with van der Waals surface area (Å²) in [6.07, 6.45) is 9.37. The third-order valence-electron chi connectivity index (χ3n) is 4.74. The van der Waals surface area contributed by atoms with Crippen LogP contribution in [0.1, 0.15) is 52.9 Å². The summed E-state index contributed by atoms with van der Waals surface area (Å²) in [6, 6.07) is 0. The molecular weight excluding hydrogens is 232 g/mol. The molecule has 1 N–H and O–H groups in total. The first-order valence-electron chi connectivity index (χ1n) is 8.18. The van der Waals surface area contributed by atoms with Gasteiger partial charge in [0.05, 0.1) is 0 Å². The van der Waals surface area contributed by atoms with Crippen LogP contribution in [0, 0.1) is 11.3 Å². The Morgan fingerprint density at radius 3 is 2.79 bits per heavy atom. The van der Waals surface area contributed by atoms with E-state index in [0.29, 0.717) is 5.41 Å². The lowest BCUT2D eigenvalue weighted by Crippen LogP contribution is -2.33. The Balaban J connectivity index is 1.64. The van der Waals surface area contributed by atoms with Gasteiger partial charge in [-0.2, -0.15) is 0 Å². The summed E-state index contributed by atoms with van der Waals surface area (Å²) < 4.78 is 0. The first-order chi connectivity index (χ1) is 9.05. The molecule has 2 rings (SSSR count). The number of rotatable bonds is 4. The van der Waals surface area contributed by atoms with Gasteiger partial charge < -0.3 is 5.32 Å². The van der Waals surface area contributed by atoms with Gasteiger partial charge in [-0.25, -0.2) is 0 Å². The molecule has 0 saturated carbocycles. The van der Waals surface area contributed by atoms with Crippen molar-refractivity contribution in [1.82, 2.24) is 10.2 Å². The molecule has 0 aliphatic carbocycles. The van der Waals surface area contributed by atoms with Crippen LogP contribution in [-0.4, -0.2) is 37.6 Å². The van der Waals surface area contributed by atoms with Crippen LogP contribution in [0.4, 0.5) is 0 Å². The Morgan fingerprint density at radius 1 is 1.37 bits per heavy atom. The largest absolute Gasteiger partial charge is 0.316 e. The lowest BCUT2D eigenvalue weighted by atomic mass is 9.83. The van der Waals surface area contributed by atoms with E-state index in [-0.39, 0.29) is 0 Å². The predicted octanol–water partition coefficient (Wildman–Crippen LogP) is 3.44. The van der Waals surface area contributed by atoms with Gasteiger partial charge in [-0.1, -0.05) is 32.4 Å². The summed E-state index contributed by atoms with van der Waals surface area (Å²) in [6.45, 7) is 13.3. The Morgan fingerprint density at radius 2 is 2.21 bits per heavy atom. The van der Waals surface area contributed by atoms with Crippen LogP contribution in [0.3, 0.4) is 0 Å². The highest BCUT2D eigenvalue weighted by atomic mass is 15.1. The summed E-state index contributed by atoms with van der Waals surface area (Å²) >= 11 is 0. The van der Waals surface area contributed by atoms with Gasteiger partial charge in [-0.05, 0) is 63.1 Å². The number of hydrogen-bond donors (Lipinski definition) is 1. The highest BCUT2D eigenvalue weighted by Crippen LogP contribution is 2.30. The van der Waals surface area contributed by atoms with Crippen molar-refractivity contribution in [3.63, 3.8) is 0 Å². The average molecular weight is 264 g/mol. The van der Waals surface area contributed by atoms with Gasteiger partial charge in [-0.3, -0.25) is 4.90 Å². The first-order valence-corrected chi connectivity index (χ1v) is 8.18. The molecule has 2 aliphatic rings. The van der Waals surface area contributed by atoms with E-state index in [2.05, 4.69) is 37.1 Å². The molecule has 0 radical (unpaired) electrons. The Kier molecular flexibility index (Phi) is 5.47. The van der Waals surface area contributed by atoms with Crippen molar-refractivity contribution >= 4 is 0 Å². The fourth-order valence-electron chi connectivity index (χ4n) is 3.37. The molecule has 2 heteroatoms. The van der Waals surface area contributed by atoms with Gasteiger partial charge in [0, 0.05) is 13.1 Å². The van der Waals surface area contributed by atoms with Crippen molar-refractivity contribution in [2.45, 2.75) is 52.9 Å². The maximum atomic E-state index is 3.52. The Bertz CT molecular complexity index is 295. The number of nitrogens with zero attached hydrogens (tertiary/aromatic N) is 1. The Labute approximate surface area is 119 Å². The molecule has 1 saturated heterocycles. The van der Waals surface area contributed by atoms with Crippen molar-refractivity contribution in [2.75, 3.05) is 32.7 Å². The summed E-state index contributed by atoms with van der Waals surface area (Å²) in [5, 5.41) is 3.52. The second kappa shape index (κ2) is 6.90. The lowest BCUT2D eigenvalue weighted by Gasteiger charge is -2.32. The van der Waals surface area contributed by atoms with E-state index in [1.807, 2.05) is 0 Å². The standard InChI is InChI=1S/C17H32N2/c1-17(2,3)16-8-12-19(13-9-16)11-5-7-15-6-4-10-18-14-15/h8,15,18H,4-7,9-14H2,1-3H3. The van der Waals surface area contributed by atoms with Crippen LogP contribution in [0.25, 0.3) is 0 Å². The molecule has 0 aromatic heterocycles. The van der Waals surface area contributed by atoms with Gasteiger partial charge >= 0.3 is 0 Å². The minimum Gasteiger partial charge on any atom is -0.316 e. The zero-order chi connectivity index (χ0) is 13.7. The van der Waals surface area contributed by atoms with Crippen molar-refractivity contribution in [1.29, 1.82) is 0 Å². The molecule has 1 fully saturated rings. The monoisotopic (exact) mass is 264 g/mol. The molecule has 0 bridgehead atoms. The topological polar surface area (TPSA) is 15.3 Å². The molecule has 2 aliphatic heterocycles. The van der Waals surface area contributed by atoms with Crippen molar-refractivity contribution in [3.8, 4) is 0 Å². The molecular formula is C17H32N2. The van der Waals surface area contributed by atoms with E-state index < -0.39 is 0 Å². The number of piperidine rings is 1. The third-order valence-corrected chi connectivity index (χ3v) is 4.74. The van der Waals surface area contributed by atoms with Gasteiger partial charge in [0.15, 0.2) is 0 Å². The lowest BCUT2D eigenvalue weighted by molar-refractivity contribution is 0.257. The van der Waals surface area contributed by atoms with Crippen molar-refractivity contribution in [2.24, 2.45) is 11.3 Å². The van der Waals surface area contributed by atoms with Gasteiger partial charge in [0.2, 0.25) is 0 Å². The molecule has 110 valence electrons. The van der Waals surface area contributed by atoms with Gasteiger partial charge in [0.25, 0.3) is 0 Å². The molecule has 1 unspecified atom stereocenters. The normalized spacial score (nSPS) is 26.3. The van der Waals surface area contributed by atoms with Crippen LogP contribution >= 0.6 is 0 Å². The highest BCUT2D eigenvalue weighted by molar-refractivity contribution is 5.14. The van der Waals surface area contributed by atoms with Gasteiger partial charge in [-0.15, -0.1) is 0 Å². The molecule has 0 aromatic carbocycles. The molecule has 19 heavy (non-hydrogen) atoms. The summed E-state index contributed by atoms with van der Waals surface area (Å²) in [4.78, 5) is 2.63. The fraction of sp³-hybridized carbons (Fsp3) is 0.882. The molecule has 2 heterocycles. The smallest absolute Gasteiger partial charge is 0.0166 e. The zero-order valence-corrected chi connectivity index (χ0v) is 13.2. The molecule has 0 aromatic rings. The number of hydrogen-bond acceptors (Lipinski definition) is 2. The van der Waals surface area contributed by atoms with E-state index in [1.165, 1.54) is 64.8 Å². The van der Waals surface area contributed by atoms with Crippen molar-refractivity contribution < 1.29 is 0 Å². The van der Waals surface area contributed by atoms with E-state index in [4.69, 9.17) is 0 Å². The zero-order valence-electron chi connectivity index (χ0n) is 13.2. The summed E-state index contributed by atoms with van der Waals surface area (Å²) in [5.41, 5.74) is 2.03. The van der Waals surface area contributed by atoms with Gasteiger partial charge in [0.1, 0.15) is 0 Å². The summed E-state index contributed by atoms with van der Waals surface area (Å²) in [5.74, 6) is 0.944. The second-order valence-electron chi connectivity index (χ2n) is 7.38. The second-order valence-corrected chi connectivity index (χ2v) is 7.38. The highest BCUT2D eigenvalue weighted by Gasteiger charge is 2.21. The molecule has 1 atom stereocenters. The quantitative estimate of drug-likeness (QED) is 0.783. The van der Waals surface area contributed by atoms with Crippen LogP contribution in [0.15, 0.2) is 11.6 Å². The van der Waals surface area contributed by atoms with E-state index in [0.717, 1.165) is 5.92 Å². The van der Waals surface area contributed by atoms with Crippen LogP contribution < -0.4 is 5.32 Å². The number of nitrogens with one attached hydrogen (secondary N) is 1. The minimum absolute atomic E-state index is 0.375. The predicted molar refractivity (Wildman–Crippen MR) is 83.4 cm³/mol. The first kappa shape index (κ1) is 15.1. The maximum Gasteiger partial charge on any atom is 0.0166 e. The Hall–Kier alpha value is -0.340. The van der Waals surface area contributed by atoms with E-state index in [9.17, 15) is 0 Å². The molecule has 2 nitrogen and oxygen atoms in total. The van der Waals surface area contributed by atoms with E-state index in [1.54, 1.807) is 5.57 Å². The fourth-order valence-corrected chi connectivity index (χ4v) is 3.37. The molecule has 0 amide bonds. The van der Waals surface area contributed by atoms with E-state index >= 15 is 0 Å². The minimum atomic E-state index is 0.375. The van der Waals surface area contributed by atoms with Crippen molar-refractivity contribution in [3.05, 3.63) is 11.6 Å².